The zero-order valence-electron chi connectivity index (χ0n) is 20.2. The number of nitrogens with zero attached hydrogens (tertiary/aromatic N) is 7. The number of nitrogen functional groups attached to an aromatic ring is 1. The second-order valence-electron chi connectivity index (χ2n) is 9.46. The van der Waals surface area contributed by atoms with Gasteiger partial charge in [0.1, 0.15) is 22.9 Å². The van der Waals surface area contributed by atoms with Gasteiger partial charge in [-0.1, -0.05) is 6.07 Å². The molecule has 1 aliphatic heterocycles. The Bertz CT molecular complexity index is 1600. The van der Waals surface area contributed by atoms with Gasteiger partial charge in [0.05, 0.1) is 17.9 Å². The number of rotatable bonds is 6. The van der Waals surface area contributed by atoms with E-state index in [0.29, 0.717) is 33.7 Å². The number of benzene rings is 1. The van der Waals surface area contributed by atoms with E-state index in [1.807, 2.05) is 18.2 Å². The summed E-state index contributed by atoms with van der Waals surface area (Å²) >= 11 is 3.24. The van der Waals surface area contributed by atoms with E-state index in [0.717, 1.165) is 17.5 Å². The van der Waals surface area contributed by atoms with Crippen molar-refractivity contribution in [3.05, 3.63) is 53.3 Å². The zero-order valence-corrected chi connectivity index (χ0v) is 21.8. The Hall–Kier alpha value is -4.26. The van der Waals surface area contributed by atoms with Crippen LogP contribution in [0.5, 0.6) is 0 Å². The second-order valence-corrected chi connectivity index (χ2v) is 10.3. The molecule has 3 aromatic heterocycles. The Labute approximate surface area is 224 Å². The van der Waals surface area contributed by atoms with Crippen molar-refractivity contribution in [3.63, 3.8) is 0 Å². The Morgan fingerprint density at radius 1 is 1.11 bits per heavy atom. The molecule has 192 valence electrons. The van der Waals surface area contributed by atoms with Crippen LogP contribution in [-0.4, -0.2) is 64.3 Å². The van der Waals surface area contributed by atoms with Crippen LogP contribution in [0.3, 0.4) is 0 Å². The molecule has 0 unspecified atom stereocenters. The molecule has 13 heteroatoms. The Kier molecular flexibility index (Phi) is 5.86. The maximum atomic E-state index is 13.6. The van der Waals surface area contributed by atoms with E-state index < -0.39 is 6.04 Å². The summed E-state index contributed by atoms with van der Waals surface area (Å²) in [6.45, 7) is 1.34. The van der Waals surface area contributed by atoms with E-state index in [9.17, 15) is 14.4 Å². The van der Waals surface area contributed by atoms with E-state index in [2.05, 4.69) is 46.3 Å². The number of anilines is 2. The maximum absolute atomic E-state index is 13.6. The first kappa shape index (κ1) is 24.1. The number of likely N-dealkylation sites (tertiary alicyclic amines) is 1. The Morgan fingerprint density at radius 2 is 1.89 bits per heavy atom. The van der Waals surface area contributed by atoms with Crippen LogP contribution in [0.1, 0.15) is 30.3 Å². The summed E-state index contributed by atoms with van der Waals surface area (Å²) < 4.78 is 2.03. The maximum Gasteiger partial charge on any atom is 0.248 e. The molecule has 0 spiro atoms. The fourth-order valence-electron chi connectivity index (χ4n) is 5.10. The van der Waals surface area contributed by atoms with Crippen LogP contribution in [0, 0.1) is 5.92 Å². The minimum absolute atomic E-state index is 0.0260. The number of piperidine rings is 1. The molecule has 2 fully saturated rings. The van der Waals surface area contributed by atoms with Crippen molar-refractivity contribution < 1.29 is 14.4 Å². The Morgan fingerprint density at radius 3 is 2.63 bits per heavy atom. The van der Waals surface area contributed by atoms with Crippen molar-refractivity contribution in [2.24, 2.45) is 5.92 Å². The molecule has 0 bridgehead atoms. The average molecular weight is 576 g/mol. The third kappa shape index (κ3) is 4.38. The number of hydrogen-bond donors (Lipinski definition) is 2. The van der Waals surface area contributed by atoms with Crippen molar-refractivity contribution in [2.45, 2.75) is 38.4 Å². The summed E-state index contributed by atoms with van der Waals surface area (Å²) in [7, 11) is 0. The van der Waals surface area contributed by atoms with Crippen LogP contribution in [0.15, 0.2) is 47.6 Å². The van der Waals surface area contributed by atoms with Crippen LogP contribution in [-0.2, 0) is 16.1 Å². The first-order valence-electron chi connectivity index (χ1n) is 12.0. The molecule has 4 aromatic rings. The minimum atomic E-state index is -0.613. The van der Waals surface area contributed by atoms with Gasteiger partial charge in [-0.25, -0.2) is 15.0 Å². The standard InChI is InChI=1S/C25H22BrN9O3/c1-12(36)23-16-4-13(15-7-29-25(27)30-8-15)2-3-17(16)34(33-23)11-22(37)35-18-5-14(18)6-19(35)24(38)32-21-10-28-9-20(26)31-21/h2-4,7-10,14,18-19H,5-6,11H2,1H3,(H2,27,29,30)(H,31,32,38)/t14-,18-,19+/m1/s1. The number of nitrogens with one attached hydrogen (secondary N) is 1. The lowest BCUT2D eigenvalue weighted by molar-refractivity contribution is -0.138. The number of ketones is 1. The van der Waals surface area contributed by atoms with Gasteiger partial charge in [0, 0.05) is 36.3 Å². The number of aromatic nitrogens is 6. The van der Waals surface area contributed by atoms with E-state index >= 15 is 0 Å². The smallest absolute Gasteiger partial charge is 0.248 e. The van der Waals surface area contributed by atoms with Crippen molar-refractivity contribution in [1.29, 1.82) is 0 Å². The van der Waals surface area contributed by atoms with Gasteiger partial charge in [0.15, 0.2) is 11.6 Å². The number of fused-ring (bicyclic) bond motifs is 2. The number of amides is 2. The highest BCUT2D eigenvalue weighted by atomic mass is 79.9. The molecule has 2 amide bonds. The van der Waals surface area contributed by atoms with Crippen LogP contribution < -0.4 is 11.1 Å². The molecule has 2 aliphatic rings. The second kappa shape index (κ2) is 9.24. The average Bonchev–Trinajstić information content (AvgIpc) is 3.39. The van der Waals surface area contributed by atoms with Gasteiger partial charge in [-0.3, -0.25) is 24.0 Å². The number of carbonyl (C=O) groups excluding carboxylic acids is 3. The fraction of sp³-hybridized carbons (Fsp3) is 0.280. The Balaban J connectivity index is 1.27. The summed E-state index contributed by atoms with van der Waals surface area (Å²) in [5.41, 5.74) is 8.03. The molecular weight excluding hydrogens is 554 g/mol. The van der Waals surface area contributed by atoms with Crippen LogP contribution >= 0.6 is 15.9 Å². The molecule has 6 rings (SSSR count). The van der Waals surface area contributed by atoms with E-state index in [1.54, 1.807) is 17.3 Å². The SMILES string of the molecule is CC(=O)c1nn(CC(=O)N2[C@@H]3C[C@@H]3C[C@H]2C(=O)Nc2cncc(Br)n2)c2ccc(-c3cnc(N)nc3)cc12. The van der Waals surface area contributed by atoms with E-state index in [4.69, 9.17) is 5.73 Å². The van der Waals surface area contributed by atoms with Gasteiger partial charge >= 0.3 is 0 Å². The van der Waals surface area contributed by atoms with Crippen LogP contribution in [0.4, 0.5) is 11.8 Å². The normalized spacial score (nSPS) is 19.8. The third-order valence-corrected chi connectivity index (χ3v) is 7.31. The monoisotopic (exact) mass is 575 g/mol. The highest BCUT2D eigenvalue weighted by Gasteiger charge is 2.56. The van der Waals surface area contributed by atoms with E-state index in [-0.39, 0.29) is 41.8 Å². The number of nitrogens with two attached hydrogens (primary N) is 1. The molecule has 0 radical (unpaired) electrons. The summed E-state index contributed by atoms with van der Waals surface area (Å²) in [5.74, 6) is 0.0256. The molecule has 1 aromatic carbocycles. The summed E-state index contributed by atoms with van der Waals surface area (Å²) in [6, 6.07) is 4.91. The fourth-order valence-corrected chi connectivity index (χ4v) is 5.41. The van der Waals surface area contributed by atoms with Gasteiger partial charge in [0.2, 0.25) is 17.8 Å². The third-order valence-electron chi connectivity index (χ3n) is 6.93. The predicted molar refractivity (Wildman–Crippen MR) is 141 cm³/mol. The van der Waals surface area contributed by atoms with Gasteiger partial charge in [-0.15, -0.1) is 0 Å². The highest BCUT2D eigenvalue weighted by molar-refractivity contribution is 9.10. The van der Waals surface area contributed by atoms with Crippen molar-refractivity contribution >= 4 is 56.2 Å². The van der Waals surface area contributed by atoms with Gasteiger partial charge in [0.25, 0.3) is 0 Å². The molecule has 4 heterocycles. The lowest BCUT2D eigenvalue weighted by atomic mass is 10.0. The lowest BCUT2D eigenvalue weighted by Crippen LogP contribution is -2.46. The van der Waals surface area contributed by atoms with Crippen LogP contribution in [0.25, 0.3) is 22.0 Å². The highest BCUT2D eigenvalue weighted by Crippen LogP contribution is 2.48. The van der Waals surface area contributed by atoms with Gasteiger partial charge in [-0.2, -0.15) is 5.10 Å². The minimum Gasteiger partial charge on any atom is -0.368 e. The largest absolute Gasteiger partial charge is 0.368 e. The first-order chi connectivity index (χ1) is 18.3. The number of halogens is 1. The van der Waals surface area contributed by atoms with Crippen molar-refractivity contribution in [2.75, 3.05) is 11.1 Å². The summed E-state index contributed by atoms with van der Waals surface area (Å²) in [5, 5.41) is 7.86. The van der Waals surface area contributed by atoms with E-state index in [1.165, 1.54) is 24.0 Å². The molecule has 3 N–H and O–H groups in total. The van der Waals surface area contributed by atoms with Crippen LogP contribution in [0.2, 0.25) is 0 Å². The lowest BCUT2D eigenvalue weighted by Gasteiger charge is -2.26. The molecule has 1 saturated heterocycles. The molecular formula is C25H22BrN9O3. The van der Waals surface area contributed by atoms with Crippen molar-refractivity contribution in [1.82, 2.24) is 34.6 Å². The molecule has 1 aliphatic carbocycles. The molecule has 3 atom stereocenters. The number of hydrogen-bond acceptors (Lipinski definition) is 9. The zero-order chi connectivity index (χ0) is 26.6. The predicted octanol–water partition coefficient (Wildman–Crippen LogP) is 2.46. The molecule has 1 saturated carbocycles. The summed E-state index contributed by atoms with van der Waals surface area (Å²) in [6.07, 6.45) is 7.65. The topological polar surface area (TPSA) is 162 Å². The van der Waals surface area contributed by atoms with Gasteiger partial charge < -0.3 is 16.0 Å². The molecule has 38 heavy (non-hydrogen) atoms. The quantitative estimate of drug-likeness (QED) is 0.329. The van der Waals surface area contributed by atoms with Gasteiger partial charge in [-0.05, 0) is 52.4 Å². The number of Topliss-reactive ketones (excluding diaryl/α,β-unsaturated/α-hetero) is 1. The first-order valence-corrected chi connectivity index (χ1v) is 12.8. The van der Waals surface area contributed by atoms with Crippen molar-refractivity contribution in [3.8, 4) is 11.1 Å². The molecule has 12 nitrogen and oxygen atoms in total. The number of carbonyl (C=O) groups is 3. The summed E-state index contributed by atoms with van der Waals surface area (Å²) in [4.78, 5) is 57.0.